The summed E-state index contributed by atoms with van der Waals surface area (Å²) in [5, 5.41) is 22.1. The zero-order chi connectivity index (χ0) is 43.2. The maximum Gasteiger partial charge on any atom is 0.323 e. The molecule has 0 saturated carbocycles. The van der Waals surface area contributed by atoms with Gasteiger partial charge in [0.25, 0.3) is 10.1 Å². The summed E-state index contributed by atoms with van der Waals surface area (Å²) in [5.41, 5.74) is 2.19. The van der Waals surface area contributed by atoms with E-state index >= 15 is 0 Å². The maximum atomic E-state index is 12.7. The van der Waals surface area contributed by atoms with E-state index in [-0.39, 0.29) is 41.1 Å². The van der Waals surface area contributed by atoms with Gasteiger partial charge in [-0.25, -0.2) is 5.26 Å². The van der Waals surface area contributed by atoms with Crippen LogP contribution >= 0.6 is 12.0 Å². The van der Waals surface area contributed by atoms with Crippen molar-refractivity contribution in [2.45, 2.75) is 9.79 Å². The molecular weight excluding hydrogens is 833 g/mol. The lowest BCUT2D eigenvalue weighted by Gasteiger charge is -2.27. The first-order valence-electron chi connectivity index (χ1n) is 18.8. The van der Waals surface area contributed by atoms with Crippen molar-refractivity contribution in [3.63, 3.8) is 0 Å². The number of rotatable bonds is 21. The number of morpholine rings is 1. The highest BCUT2D eigenvalue weighted by molar-refractivity contribution is 7.94. The fourth-order valence-corrected chi connectivity index (χ4v) is 6.70. The number of benzene rings is 3. The van der Waals surface area contributed by atoms with E-state index in [1.54, 1.807) is 30.3 Å². The van der Waals surface area contributed by atoms with E-state index < -0.39 is 15.0 Å². The fourth-order valence-electron chi connectivity index (χ4n) is 5.48. The van der Waals surface area contributed by atoms with E-state index in [1.165, 1.54) is 18.2 Å². The van der Waals surface area contributed by atoms with Crippen molar-refractivity contribution >= 4 is 75.2 Å². The number of aromatic nitrogens is 6. The van der Waals surface area contributed by atoms with Crippen LogP contribution < -0.4 is 30.3 Å². The number of hydrogen-bond donors (Lipinski definition) is 5. The normalized spacial score (nSPS) is 13.2. The number of likely N-dealkylation sites (N-methyl/N-ethyl adjacent to an activating group) is 2. The molecule has 0 amide bonds. The summed E-state index contributed by atoms with van der Waals surface area (Å²) in [4.78, 5) is 32.7. The zero-order valence-electron chi connectivity index (χ0n) is 33.8. The summed E-state index contributed by atoms with van der Waals surface area (Å²) in [6, 6.07) is 18.9. The molecule has 5 N–H and O–H groups in total. The molecule has 0 spiro atoms. The molecule has 0 unspecified atom stereocenters. The average molecular weight is 879 g/mol. The van der Waals surface area contributed by atoms with Gasteiger partial charge in [0.1, 0.15) is 18.1 Å². The lowest BCUT2D eigenvalue weighted by molar-refractivity contribution is -0.432. The Morgan fingerprint density at radius 3 is 1.90 bits per heavy atom. The first-order chi connectivity index (χ1) is 29.4. The summed E-state index contributed by atoms with van der Waals surface area (Å²) < 4.78 is 57.7. The van der Waals surface area contributed by atoms with Gasteiger partial charge < -0.3 is 44.9 Å². The van der Waals surface area contributed by atoms with Crippen LogP contribution in [0.15, 0.2) is 76.5 Å². The third-order valence-electron chi connectivity index (χ3n) is 8.50. The van der Waals surface area contributed by atoms with E-state index in [4.69, 9.17) is 23.8 Å². The first-order valence-corrected chi connectivity index (χ1v) is 20.9. The predicted molar refractivity (Wildman–Crippen MR) is 229 cm³/mol. The molecule has 2 aromatic heterocycles. The van der Waals surface area contributed by atoms with Gasteiger partial charge in [-0.1, -0.05) is 47.5 Å². The number of nitrogens with zero attached hydrogens (tertiary/aromatic N) is 9. The van der Waals surface area contributed by atoms with Crippen molar-refractivity contribution in [2.75, 3.05) is 102 Å². The van der Waals surface area contributed by atoms with Crippen LogP contribution in [0, 0.1) is 0 Å². The number of nitrogens with one attached hydrogen (secondary N) is 3. The fraction of sp³-hybridized carbons (Fsp3) is 0.316. The molecule has 5 aromatic rings. The molecule has 1 aliphatic heterocycles. The molecule has 23 heteroatoms. The Balaban J connectivity index is 1.24. The van der Waals surface area contributed by atoms with Crippen molar-refractivity contribution < 1.29 is 41.8 Å². The molecule has 0 atom stereocenters. The number of hydrogen-bond acceptors (Lipinski definition) is 21. The Hall–Kier alpha value is -5.76. The molecule has 1 aliphatic rings. The minimum atomic E-state index is -4.74. The summed E-state index contributed by atoms with van der Waals surface area (Å²) in [7, 11) is 2.95. The number of para-hydroxylation sites is 1. The maximum absolute atomic E-state index is 12.7. The summed E-state index contributed by atoms with van der Waals surface area (Å²) in [6.07, 6.45) is 3.10. The molecule has 0 bridgehead atoms. The van der Waals surface area contributed by atoms with Crippen molar-refractivity contribution in [1.82, 2.24) is 39.7 Å². The molecule has 6 rings (SSSR count). The smallest absolute Gasteiger partial charge is 0.323 e. The van der Waals surface area contributed by atoms with Gasteiger partial charge in [0.05, 0.1) is 25.3 Å². The first kappa shape index (κ1) is 44.8. The molecule has 21 nitrogen and oxygen atoms in total. The molecule has 0 radical (unpaired) electrons. The quantitative estimate of drug-likeness (QED) is 0.0217. The Morgan fingerprint density at radius 1 is 0.738 bits per heavy atom. The Labute approximate surface area is 357 Å². The third-order valence-corrected chi connectivity index (χ3v) is 10.1. The highest BCUT2D eigenvalue weighted by atomic mass is 32.2. The second-order valence-electron chi connectivity index (χ2n) is 13.7. The lowest BCUT2D eigenvalue weighted by atomic mass is 10.1. The van der Waals surface area contributed by atoms with Crippen molar-refractivity contribution in [3.05, 3.63) is 77.9 Å². The predicted octanol–water partition coefficient (Wildman–Crippen LogP) is 4.85. The number of anilines is 7. The topological polar surface area (TPSA) is 244 Å². The number of ether oxygens (including phenoxy) is 3. The Morgan fingerprint density at radius 2 is 1.30 bits per heavy atom. The van der Waals surface area contributed by atoms with E-state index in [1.807, 2.05) is 73.2 Å². The highest BCUT2D eigenvalue weighted by Gasteiger charge is 2.19. The van der Waals surface area contributed by atoms with Crippen molar-refractivity contribution in [2.24, 2.45) is 0 Å². The minimum absolute atomic E-state index is 0.0400. The van der Waals surface area contributed by atoms with Gasteiger partial charge in [-0.15, -0.1) is 4.33 Å². The molecule has 0 aliphatic carbocycles. The second-order valence-corrected chi connectivity index (χ2v) is 15.8. The molecule has 1 saturated heterocycles. The summed E-state index contributed by atoms with van der Waals surface area (Å²) in [6.45, 7) is 4.18. The van der Waals surface area contributed by atoms with Crippen molar-refractivity contribution in [3.8, 4) is 12.0 Å². The van der Waals surface area contributed by atoms with Gasteiger partial charge in [0.2, 0.25) is 23.8 Å². The molecular formula is C38H46N12O9S2. The summed E-state index contributed by atoms with van der Waals surface area (Å²) >= 11 is 0.689. The van der Waals surface area contributed by atoms with Crippen LogP contribution in [0.2, 0.25) is 0 Å². The lowest BCUT2D eigenvalue weighted by Crippen LogP contribution is -2.37. The van der Waals surface area contributed by atoms with Gasteiger partial charge in [0, 0.05) is 48.1 Å². The molecule has 3 aromatic carbocycles. The van der Waals surface area contributed by atoms with E-state index in [0.29, 0.717) is 86.7 Å². The monoisotopic (exact) mass is 878 g/mol. The van der Waals surface area contributed by atoms with Gasteiger partial charge in [-0.05, 0) is 75.7 Å². The average Bonchev–Trinajstić information content (AvgIpc) is 3.23. The zero-order valence-corrected chi connectivity index (χ0v) is 35.4. The van der Waals surface area contributed by atoms with Crippen LogP contribution in [0.3, 0.4) is 0 Å². The van der Waals surface area contributed by atoms with E-state index in [2.05, 4.69) is 50.9 Å². The van der Waals surface area contributed by atoms with Gasteiger partial charge in [0.15, 0.2) is 0 Å². The third kappa shape index (κ3) is 13.9. The molecule has 324 valence electrons. The van der Waals surface area contributed by atoms with E-state index in [9.17, 15) is 13.0 Å². The standard InChI is InChI=1S/C38H46N12O9S2/c1-48(2)16-22-56-37-44-33(39-28-8-6-5-7-9-28)42-34(45-37)41-30-15-13-27(32(25-30)61(52,53)54)11-10-26-12-14-29(24-31(26)60-59-58-51)40-35-43-36(50-18-20-55-21-19-50)47-38(46-35)57-23-17-49(3)4/h5-15,24-25,51H,16-23H2,1-4H3,(H,52,53,54)(H,40,43,46,47)(H2,39,41,42,44,45)/b11-10+. The van der Waals surface area contributed by atoms with Crippen LogP contribution in [-0.2, 0) is 24.2 Å². The molecule has 1 fully saturated rings. The second kappa shape index (κ2) is 21.7. The van der Waals surface area contributed by atoms with Gasteiger partial charge in [-0.2, -0.15) is 38.3 Å². The van der Waals surface area contributed by atoms with Gasteiger partial charge in [-0.3, -0.25) is 4.55 Å². The largest absolute Gasteiger partial charge is 0.462 e. The molecule has 3 heterocycles. The Bertz CT molecular complexity index is 2360. The van der Waals surface area contributed by atoms with Crippen LogP contribution in [0.25, 0.3) is 12.2 Å². The SMILES string of the molecule is CN(C)CCOc1nc(Nc2ccccc2)nc(Nc2ccc(/C=C/c3ccc(Nc4nc(OCCN(C)C)nc(N5CCOCC5)n4)cc3SOOO)c(S(=O)(=O)O)c2)n1. The molecule has 61 heavy (non-hydrogen) atoms. The Kier molecular flexibility index (Phi) is 15.9. The van der Waals surface area contributed by atoms with Crippen LogP contribution in [0.1, 0.15) is 11.1 Å². The minimum Gasteiger partial charge on any atom is -0.462 e. The van der Waals surface area contributed by atoms with Crippen LogP contribution in [-0.4, -0.2) is 139 Å². The van der Waals surface area contributed by atoms with Crippen molar-refractivity contribution in [1.29, 1.82) is 0 Å². The van der Waals surface area contributed by atoms with Gasteiger partial charge >= 0.3 is 12.0 Å². The highest BCUT2D eigenvalue weighted by Crippen LogP contribution is 2.32. The van der Waals surface area contributed by atoms with Crippen LogP contribution in [0.4, 0.5) is 40.9 Å². The van der Waals surface area contributed by atoms with Crippen LogP contribution in [0.5, 0.6) is 12.0 Å². The van der Waals surface area contributed by atoms with E-state index in [0.717, 1.165) is 5.69 Å². The summed E-state index contributed by atoms with van der Waals surface area (Å²) in [5.74, 6) is 0.886.